The zero-order chi connectivity index (χ0) is 17.2. The fraction of sp³-hybridized carbons (Fsp3) is 0.950. The Hall–Kier alpha value is -0.570. The minimum absolute atomic E-state index is 0.122. The van der Waals surface area contributed by atoms with Crippen molar-refractivity contribution in [3.8, 4) is 0 Å². The van der Waals surface area contributed by atoms with Crippen molar-refractivity contribution in [1.82, 2.24) is 0 Å². The summed E-state index contributed by atoms with van der Waals surface area (Å²) in [5.41, 5.74) is 0. The SMILES string of the molecule is CCCCCCCCCCC(CCC(=O)OC)OCCCCC. The highest BCUT2D eigenvalue weighted by Gasteiger charge is 2.12. The number of carbonyl (C=O) groups is 1. The number of esters is 1. The van der Waals surface area contributed by atoms with Gasteiger partial charge in [-0.1, -0.05) is 78.1 Å². The average Bonchev–Trinajstić information content (AvgIpc) is 2.57. The van der Waals surface area contributed by atoms with E-state index in [1.54, 1.807) is 0 Å². The molecule has 1 atom stereocenters. The Morgan fingerprint density at radius 3 is 1.96 bits per heavy atom. The van der Waals surface area contributed by atoms with Crippen LogP contribution in [0.2, 0.25) is 0 Å². The van der Waals surface area contributed by atoms with E-state index in [4.69, 9.17) is 9.47 Å². The molecule has 0 spiro atoms. The van der Waals surface area contributed by atoms with Crippen molar-refractivity contribution in [3.05, 3.63) is 0 Å². The number of unbranched alkanes of at least 4 members (excludes halogenated alkanes) is 9. The fourth-order valence-electron chi connectivity index (χ4n) is 2.80. The van der Waals surface area contributed by atoms with Gasteiger partial charge in [0.2, 0.25) is 0 Å². The molecule has 0 N–H and O–H groups in total. The molecule has 138 valence electrons. The van der Waals surface area contributed by atoms with Gasteiger partial charge in [0, 0.05) is 13.0 Å². The molecular formula is C20H40O3. The number of methoxy groups -OCH3 is 1. The number of hydrogen-bond donors (Lipinski definition) is 0. The molecule has 23 heavy (non-hydrogen) atoms. The van der Waals surface area contributed by atoms with E-state index < -0.39 is 0 Å². The first-order chi connectivity index (χ1) is 11.2. The molecule has 0 aliphatic rings. The Bertz CT molecular complexity index is 253. The van der Waals surface area contributed by atoms with Gasteiger partial charge >= 0.3 is 5.97 Å². The third-order valence-electron chi connectivity index (χ3n) is 4.38. The summed E-state index contributed by atoms with van der Waals surface area (Å²) in [7, 11) is 1.46. The van der Waals surface area contributed by atoms with Crippen LogP contribution in [-0.4, -0.2) is 25.8 Å². The first-order valence-corrected chi connectivity index (χ1v) is 9.93. The largest absolute Gasteiger partial charge is 0.469 e. The van der Waals surface area contributed by atoms with E-state index >= 15 is 0 Å². The van der Waals surface area contributed by atoms with Crippen LogP contribution in [-0.2, 0) is 14.3 Å². The standard InChI is InChI=1S/C20H40O3/c1-4-6-8-9-10-11-12-13-15-19(16-17-20(21)22-3)23-18-14-7-5-2/h19H,4-18H2,1-3H3. The van der Waals surface area contributed by atoms with Gasteiger partial charge in [-0.15, -0.1) is 0 Å². The fourth-order valence-corrected chi connectivity index (χ4v) is 2.80. The summed E-state index contributed by atoms with van der Waals surface area (Å²) in [4.78, 5) is 11.3. The van der Waals surface area contributed by atoms with Gasteiger partial charge in [-0.25, -0.2) is 0 Å². The second kappa shape index (κ2) is 17.8. The molecule has 1 unspecified atom stereocenters. The summed E-state index contributed by atoms with van der Waals surface area (Å²) >= 11 is 0. The Morgan fingerprint density at radius 1 is 0.783 bits per heavy atom. The molecule has 0 aromatic heterocycles. The monoisotopic (exact) mass is 328 g/mol. The number of hydrogen-bond acceptors (Lipinski definition) is 3. The maximum Gasteiger partial charge on any atom is 0.305 e. The average molecular weight is 329 g/mol. The van der Waals surface area contributed by atoms with Crippen LogP contribution in [0.3, 0.4) is 0 Å². The minimum atomic E-state index is -0.122. The van der Waals surface area contributed by atoms with Crippen LogP contribution >= 0.6 is 0 Å². The van der Waals surface area contributed by atoms with Crippen molar-refractivity contribution in [3.63, 3.8) is 0 Å². The molecular weight excluding hydrogens is 288 g/mol. The predicted octanol–water partition coefficient (Wildman–Crippen LogP) is 6.05. The van der Waals surface area contributed by atoms with E-state index in [-0.39, 0.29) is 12.1 Å². The van der Waals surface area contributed by atoms with E-state index in [0.717, 1.165) is 25.9 Å². The third kappa shape index (κ3) is 16.1. The van der Waals surface area contributed by atoms with Crippen molar-refractivity contribution in [1.29, 1.82) is 0 Å². The van der Waals surface area contributed by atoms with Crippen molar-refractivity contribution in [2.75, 3.05) is 13.7 Å². The highest BCUT2D eigenvalue weighted by Crippen LogP contribution is 2.15. The predicted molar refractivity (Wildman–Crippen MR) is 97.7 cm³/mol. The Balaban J connectivity index is 3.74. The lowest BCUT2D eigenvalue weighted by molar-refractivity contribution is -0.141. The molecule has 0 saturated heterocycles. The highest BCUT2D eigenvalue weighted by molar-refractivity contribution is 5.69. The van der Waals surface area contributed by atoms with Crippen molar-refractivity contribution < 1.29 is 14.3 Å². The van der Waals surface area contributed by atoms with E-state index in [1.165, 1.54) is 71.3 Å². The molecule has 0 aromatic carbocycles. The first-order valence-electron chi connectivity index (χ1n) is 9.93. The van der Waals surface area contributed by atoms with Gasteiger partial charge in [-0.2, -0.15) is 0 Å². The number of rotatable bonds is 17. The maximum absolute atomic E-state index is 11.3. The summed E-state index contributed by atoms with van der Waals surface area (Å²) in [6, 6.07) is 0. The van der Waals surface area contributed by atoms with E-state index in [0.29, 0.717) is 6.42 Å². The van der Waals surface area contributed by atoms with Crippen molar-refractivity contribution in [2.45, 2.75) is 110 Å². The van der Waals surface area contributed by atoms with Crippen molar-refractivity contribution >= 4 is 5.97 Å². The molecule has 0 aliphatic carbocycles. The van der Waals surface area contributed by atoms with Gasteiger partial charge < -0.3 is 9.47 Å². The molecule has 0 rings (SSSR count). The van der Waals surface area contributed by atoms with Gasteiger partial charge in [0.1, 0.15) is 0 Å². The normalized spacial score (nSPS) is 12.3. The van der Waals surface area contributed by atoms with Crippen LogP contribution in [0.25, 0.3) is 0 Å². The molecule has 0 heterocycles. The zero-order valence-corrected chi connectivity index (χ0v) is 15.9. The van der Waals surface area contributed by atoms with Gasteiger partial charge in [0.15, 0.2) is 0 Å². The van der Waals surface area contributed by atoms with Crippen LogP contribution in [0, 0.1) is 0 Å². The summed E-state index contributed by atoms with van der Waals surface area (Å²) in [5, 5.41) is 0. The molecule has 3 heteroatoms. The molecule has 0 saturated carbocycles. The molecule has 0 aromatic rings. The zero-order valence-electron chi connectivity index (χ0n) is 15.9. The maximum atomic E-state index is 11.3. The summed E-state index contributed by atoms with van der Waals surface area (Å²) in [5.74, 6) is -0.122. The van der Waals surface area contributed by atoms with Crippen LogP contribution < -0.4 is 0 Å². The second-order valence-electron chi connectivity index (χ2n) is 6.58. The highest BCUT2D eigenvalue weighted by atomic mass is 16.5. The van der Waals surface area contributed by atoms with Gasteiger partial charge in [0.05, 0.1) is 13.2 Å². The molecule has 0 bridgehead atoms. The Kier molecular flexibility index (Phi) is 17.3. The Labute approximate surface area is 144 Å². The summed E-state index contributed by atoms with van der Waals surface area (Å²) in [6.07, 6.45) is 16.8. The topological polar surface area (TPSA) is 35.5 Å². The first kappa shape index (κ1) is 22.4. The van der Waals surface area contributed by atoms with Crippen LogP contribution in [0.15, 0.2) is 0 Å². The molecule has 0 radical (unpaired) electrons. The van der Waals surface area contributed by atoms with Gasteiger partial charge in [0.25, 0.3) is 0 Å². The van der Waals surface area contributed by atoms with Crippen LogP contribution in [0.4, 0.5) is 0 Å². The minimum Gasteiger partial charge on any atom is -0.469 e. The second-order valence-corrected chi connectivity index (χ2v) is 6.58. The van der Waals surface area contributed by atoms with E-state index in [9.17, 15) is 4.79 Å². The lowest BCUT2D eigenvalue weighted by Gasteiger charge is -2.17. The third-order valence-corrected chi connectivity index (χ3v) is 4.38. The Morgan fingerprint density at radius 2 is 1.35 bits per heavy atom. The van der Waals surface area contributed by atoms with Crippen LogP contribution in [0.1, 0.15) is 104 Å². The molecule has 3 nitrogen and oxygen atoms in total. The number of ether oxygens (including phenoxy) is 2. The van der Waals surface area contributed by atoms with E-state index in [2.05, 4.69) is 13.8 Å². The number of carbonyl (C=O) groups excluding carboxylic acids is 1. The van der Waals surface area contributed by atoms with Crippen LogP contribution in [0.5, 0.6) is 0 Å². The molecule has 0 aliphatic heterocycles. The summed E-state index contributed by atoms with van der Waals surface area (Å²) in [6.45, 7) is 5.29. The quantitative estimate of drug-likeness (QED) is 0.241. The van der Waals surface area contributed by atoms with Crippen molar-refractivity contribution in [2.24, 2.45) is 0 Å². The lowest BCUT2D eigenvalue weighted by atomic mass is 10.0. The molecule has 0 fully saturated rings. The smallest absolute Gasteiger partial charge is 0.305 e. The van der Waals surface area contributed by atoms with Gasteiger partial charge in [-0.05, 0) is 19.3 Å². The van der Waals surface area contributed by atoms with E-state index in [1.807, 2.05) is 0 Å². The summed E-state index contributed by atoms with van der Waals surface area (Å²) < 4.78 is 10.7. The lowest BCUT2D eigenvalue weighted by Crippen LogP contribution is -2.16. The molecule has 0 amide bonds. The van der Waals surface area contributed by atoms with Gasteiger partial charge in [-0.3, -0.25) is 4.79 Å².